The number of benzene rings is 1. The van der Waals surface area contributed by atoms with Crippen molar-refractivity contribution in [2.45, 2.75) is 82.2 Å². The van der Waals surface area contributed by atoms with Crippen LogP contribution in [0, 0.1) is 0 Å². The highest BCUT2D eigenvalue weighted by Crippen LogP contribution is 2.36. The summed E-state index contributed by atoms with van der Waals surface area (Å²) in [6.45, 7) is 0. The summed E-state index contributed by atoms with van der Waals surface area (Å²) < 4.78 is 0. The van der Waals surface area contributed by atoms with Crippen LogP contribution in [-0.4, -0.2) is 17.5 Å². The van der Waals surface area contributed by atoms with E-state index in [0.717, 1.165) is 38.5 Å². The molecule has 0 heterocycles. The number of nitrogens with two attached hydrogens (primary N) is 1. The highest BCUT2D eigenvalue weighted by atomic mass is 16.1. The average Bonchev–Trinajstić information content (AvgIpc) is 3.30. The van der Waals surface area contributed by atoms with Crippen LogP contribution in [0.15, 0.2) is 24.3 Å². The van der Waals surface area contributed by atoms with Gasteiger partial charge in [-0.2, -0.15) is 0 Å². The van der Waals surface area contributed by atoms with E-state index in [1.165, 1.54) is 36.8 Å². The Bertz CT molecular complexity index is 528. The molecule has 2 fully saturated rings. The van der Waals surface area contributed by atoms with Crippen LogP contribution in [0.4, 0.5) is 0 Å². The fraction of sp³-hybridized carbons (Fsp3) is 0.650. The van der Waals surface area contributed by atoms with Crippen LogP contribution < -0.4 is 11.1 Å². The Morgan fingerprint density at radius 2 is 1.74 bits per heavy atom. The number of carbonyl (C=O) groups excluding carboxylic acids is 1. The summed E-state index contributed by atoms with van der Waals surface area (Å²) in [6, 6.07) is 8.87. The van der Waals surface area contributed by atoms with Gasteiger partial charge in [-0.05, 0) is 49.7 Å². The zero-order valence-electron chi connectivity index (χ0n) is 14.2. The lowest BCUT2D eigenvalue weighted by molar-refractivity contribution is -0.121. The van der Waals surface area contributed by atoms with Gasteiger partial charge in [0, 0.05) is 18.0 Å². The van der Waals surface area contributed by atoms with Crippen LogP contribution in [0.25, 0.3) is 0 Å². The Balaban J connectivity index is 1.50. The lowest BCUT2D eigenvalue weighted by Crippen LogP contribution is -2.34. The van der Waals surface area contributed by atoms with Gasteiger partial charge in [-0.15, -0.1) is 0 Å². The molecule has 1 amide bonds. The molecule has 3 nitrogen and oxygen atoms in total. The normalized spacial score (nSPS) is 20.7. The predicted molar refractivity (Wildman–Crippen MR) is 94.3 cm³/mol. The van der Waals surface area contributed by atoms with Crippen LogP contribution >= 0.6 is 0 Å². The molecule has 2 aliphatic carbocycles. The second-order valence-corrected chi connectivity index (χ2v) is 7.56. The van der Waals surface area contributed by atoms with Crippen LogP contribution in [0.5, 0.6) is 0 Å². The molecule has 0 atom stereocenters. The number of rotatable bonds is 6. The number of amides is 1. The first-order valence-corrected chi connectivity index (χ1v) is 9.30. The van der Waals surface area contributed by atoms with Crippen molar-refractivity contribution in [2.75, 3.05) is 0 Å². The molecule has 0 aliphatic heterocycles. The zero-order valence-corrected chi connectivity index (χ0v) is 14.2. The van der Waals surface area contributed by atoms with E-state index in [4.69, 9.17) is 5.73 Å². The van der Waals surface area contributed by atoms with Crippen molar-refractivity contribution in [3.63, 3.8) is 0 Å². The fourth-order valence-electron chi connectivity index (χ4n) is 3.66. The zero-order chi connectivity index (χ0) is 16.1. The van der Waals surface area contributed by atoms with Crippen LogP contribution in [0.3, 0.4) is 0 Å². The second-order valence-electron chi connectivity index (χ2n) is 7.56. The molecule has 1 aromatic carbocycles. The number of nitrogens with one attached hydrogen (secondary N) is 1. The van der Waals surface area contributed by atoms with Crippen molar-refractivity contribution >= 4 is 5.91 Å². The van der Waals surface area contributed by atoms with E-state index >= 15 is 0 Å². The van der Waals surface area contributed by atoms with Crippen molar-refractivity contribution < 1.29 is 4.79 Å². The Morgan fingerprint density at radius 3 is 2.39 bits per heavy atom. The molecule has 0 saturated heterocycles. The summed E-state index contributed by atoms with van der Waals surface area (Å²) in [5, 5.41) is 3.25. The Morgan fingerprint density at radius 1 is 1.09 bits per heavy atom. The molecule has 3 rings (SSSR count). The van der Waals surface area contributed by atoms with Crippen molar-refractivity contribution in [3.05, 3.63) is 35.4 Å². The minimum Gasteiger partial charge on any atom is -0.353 e. The van der Waals surface area contributed by atoms with Crippen molar-refractivity contribution in [2.24, 2.45) is 5.73 Å². The van der Waals surface area contributed by atoms with Gasteiger partial charge in [-0.1, -0.05) is 49.9 Å². The smallest absolute Gasteiger partial charge is 0.220 e. The van der Waals surface area contributed by atoms with Gasteiger partial charge in [-0.25, -0.2) is 0 Å². The molecular weight excluding hydrogens is 284 g/mol. The fourth-order valence-corrected chi connectivity index (χ4v) is 3.66. The maximum atomic E-state index is 12.3. The van der Waals surface area contributed by atoms with Gasteiger partial charge in [0.2, 0.25) is 5.91 Å². The molecule has 1 aromatic rings. The average molecular weight is 314 g/mol. The first-order chi connectivity index (χ1) is 11.1. The lowest BCUT2D eigenvalue weighted by atomic mass is 9.96. The second kappa shape index (κ2) is 7.48. The minimum atomic E-state index is 0.0265. The standard InChI is InChI=1S/C20H30N2O/c21-20(13-14-20)15-17-8-6-5-7-16(17)11-12-19(23)22-18-9-3-1-2-4-10-18/h5-8,18H,1-4,9-15,21H2,(H,22,23). The maximum absolute atomic E-state index is 12.3. The highest BCUT2D eigenvalue weighted by Gasteiger charge is 2.38. The molecule has 126 valence electrons. The van der Waals surface area contributed by atoms with Gasteiger partial charge >= 0.3 is 0 Å². The largest absolute Gasteiger partial charge is 0.353 e. The Hall–Kier alpha value is -1.35. The first kappa shape index (κ1) is 16.5. The van der Waals surface area contributed by atoms with Gasteiger partial charge < -0.3 is 11.1 Å². The molecule has 2 saturated carbocycles. The number of hydrogen-bond acceptors (Lipinski definition) is 2. The van der Waals surface area contributed by atoms with Crippen LogP contribution in [0.2, 0.25) is 0 Å². The summed E-state index contributed by atoms with van der Waals surface area (Å²) in [5.74, 6) is 0.209. The quantitative estimate of drug-likeness (QED) is 0.790. The van der Waals surface area contributed by atoms with E-state index in [2.05, 4.69) is 29.6 Å². The number of hydrogen-bond donors (Lipinski definition) is 2. The lowest BCUT2D eigenvalue weighted by Gasteiger charge is -2.17. The molecule has 2 aliphatic rings. The van der Waals surface area contributed by atoms with Gasteiger partial charge in [0.05, 0.1) is 0 Å². The Kier molecular flexibility index (Phi) is 5.37. The molecule has 3 heteroatoms. The van der Waals surface area contributed by atoms with E-state index in [1.54, 1.807) is 0 Å². The number of carbonyl (C=O) groups is 1. The summed E-state index contributed by atoms with van der Waals surface area (Å²) in [7, 11) is 0. The van der Waals surface area contributed by atoms with Crippen LogP contribution in [-0.2, 0) is 17.6 Å². The van der Waals surface area contributed by atoms with Gasteiger partial charge in [0.1, 0.15) is 0 Å². The van der Waals surface area contributed by atoms with Gasteiger partial charge in [0.15, 0.2) is 0 Å². The Labute approximate surface area is 140 Å². The third-order valence-corrected chi connectivity index (χ3v) is 5.39. The summed E-state index contributed by atoms with van der Waals surface area (Å²) in [4.78, 5) is 12.3. The topological polar surface area (TPSA) is 55.1 Å². The molecular formula is C20H30N2O. The predicted octanol–water partition coefficient (Wildman–Crippen LogP) is 3.49. The molecule has 0 radical (unpaired) electrons. The molecule has 0 bridgehead atoms. The monoisotopic (exact) mass is 314 g/mol. The van der Waals surface area contributed by atoms with Gasteiger partial charge in [-0.3, -0.25) is 4.79 Å². The van der Waals surface area contributed by atoms with E-state index in [1.807, 2.05) is 0 Å². The first-order valence-electron chi connectivity index (χ1n) is 9.30. The number of aryl methyl sites for hydroxylation is 1. The SMILES string of the molecule is NC1(Cc2ccccc2CCC(=O)NC2CCCCCC2)CC1. The van der Waals surface area contributed by atoms with E-state index in [0.29, 0.717) is 12.5 Å². The molecule has 3 N–H and O–H groups in total. The van der Waals surface area contributed by atoms with Crippen molar-refractivity contribution in [1.29, 1.82) is 0 Å². The maximum Gasteiger partial charge on any atom is 0.220 e. The summed E-state index contributed by atoms with van der Waals surface area (Å²) in [5.41, 5.74) is 8.91. The third-order valence-electron chi connectivity index (χ3n) is 5.39. The molecule has 23 heavy (non-hydrogen) atoms. The molecule has 0 unspecified atom stereocenters. The van der Waals surface area contributed by atoms with E-state index in [-0.39, 0.29) is 11.4 Å². The highest BCUT2D eigenvalue weighted by molar-refractivity contribution is 5.76. The molecule has 0 aromatic heterocycles. The van der Waals surface area contributed by atoms with E-state index in [9.17, 15) is 4.79 Å². The van der Waals surface area contributed by atoms with Crippen molar-refractivity contribution in [3.8, 4) is 0 Å². The van der Waals surface area contributed by atoms with Crippen LogP contribution in [0.1, 0.15) is 68.9 Å². The van der Waals surface area contributed by atoms with E-state index < -0.39 is 0 Å². The van der Waals surface area contributed by atoms with Gasteiger partial charge in [0.25, 0.3) is 0 Å². The minimum absolute atomic E-state index is 0.0265. The molecule has 0 spiro atoms. The third kappa shape index (κ3) is 5.07. The summed E-state index contributed by atoms with van der Waals surface area (Å²) in [6.07, 6.45) is 12.1. The van der Waals surface area contributed by atoms with Crippen molar-refractivity contribution in [1.82, 2.24) is 5.32 Å². The summed E-state index contributed by atoms with van der Waals surface area (Å²) >= 11 is 0.